The molecule has 2 aliphatic carbocycles. The number of nitrogens with one attached hydrogen (secondary N) is 1. The Bertz CT molecular complexity index is 892. The van der Waals surface area contributed by atoms with Crippen molar-refractivity contribution >= 4 is 11.3 Å². The van der Waals surface area contributed by atoms with Crippen LogP contribution in [0.25, 0.3) is 11.3 Å². The van der Waals surface area contributed by atoms with Crippen LogP contribution in [-0.2, 0) is 11.0 Å². The summed E-state index contributed by atoms with van der Waals surface area (Å²) in [5, 5.41) is 3.79. The molecule has 2 fully saturated rings. The van der Waals surface area contributed by atoms with Crippen LogP contribution in [0.1, 0.15) is 73.8 Å². The molecule has 0 spiro atoms. The van der Waals surface area contributed by atoms with Gasteiger partial charge in [-0.25, -0.2) is 0 Å². The monoisotopic (exact) mass is 357 g/mol. The third-order valence-electron chi connectivity index (χ3n) is 6.83. The Morgan fingerprint density at radius 3 is 2.19 bits per heavy atom. The van der Waals surface area contributed by atoms with Crippen molar-refractivity contribution in [1.82, 2.24) is 5.32 Å². The summed E-state index contributed by atoms with van der Waals surface area (Å²) in [4.78, 5) is 0. The van der Waals surface area contributed by atoms with Crippen molar-refractivity contribution in [2.75, 3.05) is 0 Å². The molecule has 0 heterocycles. The van der Waals surface area contributed by atoms with Gasteiger partial charge in [0.1, 0.15) is 0 Å². The molecular formula is C26H31N. The first kappa shape index (κ1) is 18.1. The maximum absolute atomic E-state index is 4.43. The number of hydrogen-bond donors (Lipinski definition) is 1. The molecule has 1 N–H and O–H groups in total. The minimum absolute atomic E-state index is 0.0508. The molecule has 0 amide bonds. The van der Waals surface area contributed by atoms with E-state index in [2.05, 4.69) is 81.7 Å². The lowest BCUT2D eigenvalue weighted by Gasteiger charge is -2.24. The average molecular weight is 358 g/mol. The lowest BCUT2D eigenvalue weighted by atomic mass is 9.87. The largest absolute Gasteiger partial charge is 0.376 e. The minimum atomic E-state index is 0.0508. The fourth-order valence-corrected chi connectivity index (χ4v) is 4.54. The first-order valence-electron chi connectivity index (χ1n) is 10.2. The van der Waals surface area contributed by atoms with Gasteiger partial charge in [0, 0.05) is 11.3 Å². The van der Waals surface area contributed by atoms with Crippen LogP contribution in [0.3, 0.4) is 0 Å². The first-order chi connectivity index (χ1) is 12.9. The fraction of sp³-hybridized carbons (Fsp3) is 0.385. The van der Waals surface area contributed by atoms with Gasteiger partial charge < -0.3 is 5.32 Å². The summed E-state index contributed by atoms with van der Waals surface area (Å²) < 4.78 is 0. The van der Waals surface area contributed by atoms with E-state index in [0.29, 0.717) is 5.41 Å². The molecule has 2 aromatic carbocycles. The Labute approximate surface area is 164 Å². The second kappa shape index (κ2) is 6.41. The van der Waals surface area contributed by atoms with E-state index < -0.39 is 0 Å². The van der Waals surface area contributed by atoms with Gasteiger partial charge in [-0.1, -0.05) is 68.1 Å². The molecule has 140 valence electrons. The Kier molecular flexibility index (Phi) is 4.29. The Balaban J connectivity index is 1.58. The summed E-state index contributed by atoms with van der Waals surface area (Å²) >= 11 is 0. The van der Waals surface area contributed by atoms with E-state index in [1.807, 2.05) is 0 Å². The molecule has 4 rings (SSSR count). The van der Waals surface area contributed by atoms with Crippen LogP contribution in [0.5, 0.6) is 0 Å². The highest BCUT2D eigenvalue weighted by atomic mass is 15.0. The van der Waals surface area contributed by atoms with Gasteiger partial charge in [-0.2, -0.15) is 0 Å². The van der Waals surface area contributed by atoms with E-state index >= 15 is 0 Å². The van der Waals surface area contributed by atoms with Crippen LogP contribution in [-0.4, -0.2) is 0 Å². The molecule has 0 saturated heterocycles. The molecular weight excluding hydrogens is 326 g/mol. The predicted octanol–water partition coefficient (Wildman–Crippen LogP) is 6.72. The number of benzene rings is 2. The number of rotatable bonds is 7. The summed E-state index contributed by atoms with van der Waals surface area (Å²) in [7, 11) is 0. The standard InChI is InChI=1S/C26H31N/c1-6-25(14-15-25)24-9-7-8-23(19(24)4)20(5)27-26(16-17-26)22-12-10-21(11-13-22)18(2)3/h7-13,27H,2,5-6,14-17H2,1,3-4H3. The van der Waals surface area contributed by atoms with Crippen LogP contribution >= 0.6 is 0 Å². The third kappa shape index (κ3) is 3.14. The summed E-state index contributed by atoms with van der Waals surface area (Å²) in [6, 6.07) is 15.6. The second-order valence-electron chi connectivity index (χ2n) is 8.66. The molecule has 0 bridgehead atoms. The highest BCUT2D eigenvalue weighted by Crippen LogP contribution is 2.53. The van der Waals surface area contributed by atoms with Gasteiger partial charge in [-0.15, -0.1) is 0 Å². The van der Waals surface area contributed by atoms with Crippen molar-refractivity contribution in [2.24, 2.45) is 0 Å². The maximum atomic E-state index is 4.43. The van der Waals surface area contributed by atoms with Gasteiger partial charge in [0.2, 0.25) is 0 Å². The fourth-order valence-electron chi connectivity index (χ4n) is 4.54. The molecule has 27 heavy (non-hydrogen) atoms. The molecule has 0 atom stereocenters. The van der Waals surface area contributed by atoms with Crippen molar-refractivity contribution < 1.29 is 0 Å². The van der Waals surface area contributed by atoms with Gasteiger partial charge in [0.05, 0.1) is 5.54 Å². The topological polar surface area (TPSA) is 12.0 Å². The van der Waals surface area contributed by atoms with Crippen molar-refractivity contribution in [1.29, 1.82) is 0 Å². The third-order valence-corrected chi connectivity index (χ3v) is 6.83. The van der Waals surface area contributed by atoms with Gasteiger partial charge >= 0.3 is 0 Å². The van der Waals surface area contributed by atoms with Crippen LogP contribution in [0.4, 0.5) is 0 Å². The molecule has 0 radical (unpaired) electrons. The van der Waals surface area contributed by atoms with Crippen molar-refractivity contribution in [2.45, 2.75) is 63.8 Å². The number of allylic oxidation sites excluding steroid dienone is 1. The minimum Gasteiger partial charge on any atom is -0.376 e. The molecule has 1 nitrogen and oxygen atoms in total. The average Bonchev–Trinajstić information content (AvgIpc) is 3.58. The van der Waals surface area contributed by atoms with E-state index in [1.165, 1.54) is 47.1 Å². The SMILES string of the molecule is C=C(C)c1ccc(C2(NC(=C)c3cccc(C4(CC)CC4)c3C)CC2)cc1. The zero-order valence-corrected chi connectivity index (χ0v) is 17.0. The van der Waals surface area contributed by atoms with Gasteiger partial charge in [0.25, 0.3) is 0 Å². The first-order valence-corrected chi connectivity index (χ1v) is 10.2. The molecule has 0 unspecified atom stereocenters. The zero-order chi connectivity index (χ0) is 19.2. The maximum Gasteiger partial charge on any atom is 0.0627 e. The van der Waals surface area contributed by atoms with E-state index in [4.69, 9.17) is 0 Å². The smallest absolute Gasteiger partial charge is 0.0627 e. The summed E-state index contributed by atoms with van der Waals surface area (Å²) in [6.07, 6.45) is 6.21. The Morgan fingerprint density at radius 2 is 1.67 bits per heavy atom. The second-order valence-corrected chi connectivity index (χ2v) is 8.66. The summed E-state index contributed by atoms with van der Waals surface area (Å²) in [5.74, 6) is 0. The molecule has 2 saturated carbocycles. The van der Waals surface area contributed by atoms with Crippen LogP contribution < -0.4 is 5.32 Å². The van der Waals surface area contributed by atoms with Gasteiger partial charge in [-0.3, -0.25) is 0 Å². The van der Waals surface area contributed by atoms with Crippen molar-refractivity contribution in [3.63, 3.8) is 0 Å². The molecule has 1 heteroatoms. The number of hydrogen-bond acceptors (Lipinski definition) is 1. The molecule has 0 aliphatic heterocycles. The summed E-state index contributed by atoms with van der Waals surface area (Å²) in [5.41, 5.74) is 9.43. The van der Waals surface area contributed by atoms with Crippen LogP contribution in [0, 0.1) is 6.92 Å². The van der Waals surface area contributed by atoms with Crippen LogP contribution in [0.15, 0.2) is 55.6 Å². The van der Waals surface area contributed by atoms with E-state index in [1.54, 1.807) is 0 Å². The van der Waals surface area contributed by atoms with E-state index in [-0.39, 0.29) is 5.54 Å². The lowest BCUT2D eigenvalue weighted by Crippen LogP contribution is -2.27. The zero-order valence-electron chi connectivity index (χ0n) is 17.0. The summed E-state index contributed by atoms with van der Waals surface area (Å²) in [6.45, 7) is 15.1. The molecule has 2 aromatic rings. The lowest BCUT2D eigenvalue weighted by molar-refractivity contribution is 0.629. The Hall–Kier alpha value is -2.28. The highest BCUT2D eigenvalue weighted by molar-refractivity contribution is 5.68. The normalized spacial score (nSPS) is 18.6. The Morgan fingerprint density at radius 1 is 1.00 bits per heavy atom. The van der Waals surface area contributed by atoms with Gasteiger partial charge in [-0.05, 0) is 73.6 Å². The van der Waals surface area contributed by atoms with E-state index in [9.17, 15) is 0 Å². The predicted molar refractivity (Wildman–Crippen MR) is 117 cm³/mol. The van der Waals surface area contributed by atoms with Gasteiger partial charge in [0.15, 0.2) is 0 Å². The van der Waals surface area contributed by atoms with Crippen LogP contribution in [0.2, 0.25) is 0 Å². The molecule has 0 aromatic heterocycles. The quantitative estimate of drug-likeness (QED) is 0.580. The highest BCUT2D eigenvalue weighted by Gasteiger charge is 2.45. The van der Waals surface area contributed by atoms with Crippen molar-refractivity contribution in [3.8, 4) is 0 Å². The van der Waals surface area contributed by atoms with Crippen molar-refractivity contribution in [3.05, 3.63) is 83.4 Å². The van der Waals surface area contributed by atoms with E-state index in [0.717, 1.165) is 24.1 Å². The molecule has 2 aliphatic rings.